The maximum absolute atomic E-state index is 11.8. The van der Waals surface area contributed by atoms with Gasteiger partial charge >= 0.3 is 0 Å². The van der Waals surface area contributed by atoms with Crippen molar-refractivity contribution in [1.29, 1.82) is 0 Å². The van der Waals surface area contributed by atoms with Gasteiger partial charge < -0.3 is 15.0 Å². The van der Waals surface area contributed by atoms with Crippen LogP contribution in [0.25, 0.3) is 0 Å². The third-order valence-electron chi connectivity index (χ3n) is 3.03. The Hall–Kier alpha value is -1.29. The Bertz CT molecular complexity index is 367. The second-order valence-electron chi connectivity index (χ2n) is 4.70. The Kier molecular flexibility index (Phi) is 3.75. The normalized spacial score (nSPS) is 14.9. The maximum atomic E-state index is 11.8. The molecule has 0 aliphatic carbocycles. The van der Waals surface area contributed by atoms with Gasteiger partial charge in [0, 0.05) is 19.8 Å². The number of hydrogen-bond donors (Lipinski definition) is 2. The van der Waals surface area contributed by atoms with Gasteiger partial charge in [-0.3, -0.25) is 4.79 Å². The van der Waals surface area contributed by atoms with E-state index in [4.69, 9.17) is 0 Å². The van der Waals surface area contributed by atoms with E-state index in [1.165, 1.54) is 0 Å². The summed E-state index contributed by atoms with van der Waals surface area (Å²) in [6, 6.07) is 3.56. The zero-order chi connectivity index (χ0) is 12.3. The van der Waals surface area contributed by atoms with Gasteiger partial charge in [-0.15, -0.1) is 0 Å². The summed E-state index contributed by atoms with van der Waals surface area (Å²) in [5.74, 6) is -0.0605. The van der Waals surface area contributed by atoms with Crippen LogP contribution in [-0.2, 0) is 7.05 Å². The average Bonchev–Trinajstić information content (AvgIpc) is 2.61. The van der Waals surface area contributed by atoms with Crippen molar-refractivity contribution in [1.82, 2.24) is 9.88 Å². The monoisotopic (exact) mass is 224 g/mol. The summed E-state index contributed by atoms with van der Waals surface area (Å²) in [5.41, 5.74) is -0.277. The summed E-state index contributed by atoms with van der Waals surface area (Å²) in [4.78, 5) is 11.8. The Balaban J connectivity index is 2.58. The first kappa shape index (κ1) is 12.8. The van der Waals surface area contributed by atoms with E-state index in [1.807, 2.05) is 33.2 Å². The van der Waals surface area contributed by atoms with Crippen LogP contribution in [0.4, 0.5) is 0 Å². The van der Waals surface area contributed by atoms with Crippen LogP contribution >= 0.6 is 0 Å². The number of amides is 1. The minimum absolute atomic E-state index is 0.0983. The second kappa shape index (κ2) is 4.70. The molecule has 16 heavy (non-hydrogen) atoms. The molecule has 1 rings (SSSR count). The van der Waals surface area contributed by atoms with Crippen LogP contribution in [0.1, 0.15) is 31.3 Å². The number of carbonyl (C=O) groups is 1. The number of nitrogens with zero attached hydrogens (tertiary/aromatic N) is 1. The molecule has 4 nitrogen and oxygen atoms in total. The number of aliphatic hydroxyl groups is 1. The first-order valence-corrected chi connectivity index (χ1v) is 5.46. The molecule has 0 aliphatic rings. The topological polar surface area (TPSA) is 54.3 Å². The summed E-state index contributed by atoms with van der Waals surface area (Å²) < 4.78 is 1.75. The van der Waals surface area contributed by atoms with Crippen molar-refractivity contribution in [3.05, 3.63) is 24.0 Å². The molecule has 0 radical (unpaired) electrons. The van der Waals surface area contributed by atoms with Gasteiger partial charge in [0.15, 0.2) is 0 Å². The van der Waals surface area contributed by atoms with Gasteiger partial charge in [-0.1, -0.05) is 13.8 Å². The van der Waals surface area contributed by atoms with Crippen molar-refractivity contribution in [2.24, 2.45) is 13.0 Å². The van der Waals surface area contributed by atoms with Crippen molar-refractivity contribution >= 4 is 5.91 Å². The fourth-order valence-corrected chi connectivity index (χ4v) is 1.25. The number of rotatable bonds is 4. The van der Waals surface area contributed by atoms with E-state index in [0.717, 1.165) is 0 Å². The van der Waals surface area contributed by atoms with Gasteiger partial charge in [0.1, 0.15) is 5.69 Å². The maximum Gasteiger partial charge on any atom is 0.267 e. The first-order valence-electron chi connectivity index (χ1n) is 5.46. The lowest BCUT2D eigenvalue weighted by Gasteiger charge is -2.27. The molecule has 1 amide bonds. The van der Waals surface area contributed by atoms with E-state index in [0.29, 0.717) is 5.69 Å². The standard InChI is InChI=1S/C12H20N2O2/c1-9(2)12(3,16)8-13-11(15)10-6-5-7-14(10)4/h5-7,9,16H,8H2,1-4H3,(H,13,15)/t12-/m1/s1. The van der Waals surface area contributed by atoms with Gasteiger partial charge in [0.25, 0.3) is 5.91 Å². The molecule has 90 valence electrons. The Labute approximate surface area is 96.3 Å². The minimum Gasteiger partial charge on any atom is -0.388 e. The van der Waals surface area contributed by atoms with E-state index >= 15 is 0 Å². The third-order valence-corrected chi connectivity index (χ3v) is 3.03. The van der Waals surface area contributed by atoms with Gasteiger partial charge in [-0.05, 0) is 25.0 Å². The van der Waals surface area contributed by atoms with Gasteiger partial charge in [0.2, 0.25) is 0 Å². The van der Waals surface area contributed by atoms with Crippen LogP contribution in [0.5, 0.6) is 0 Å². The van der Waals surface area contributed by atoms with Crippen LogP contribution in [0.15, 0.2) is 18.3 Å². The highest BCUT2D eigenvalue weighted by atomic mass is 16.3. The van der Waals surface area contributed by atoms with E-state index in [9.17, 15) is 9.90 Å². The lowest BCUT2D eigenvalue weighted by molar-refractivity contribution is 0.0141. The van der Waals surface area contributed by atoms with Crippen molar-refractivity contribution in [3.8, 4) is 0 Å². The van der Waals surface area contributed by atoms with E-state index in [-0.39, 0.29) is 18.4 Å². The fourth-order valence-electron chi connectivity index (χ4n) is 1.25. The molecule has 1 atom stereocenters. The van der Waals surface area contributed by atoms with Crippen LogP contribution in [0, 0.1) is 5.92 Å². The van der Waals surface area contributed by atoms with E-state index < -0.39 is 5.60 Å². The number of aryl methyl sites for hydroxylation is 1. The highest BCUT2D eigenvalue weighted by Gasteiger charge is 2.25. The van der Waals surface area contributed by atoms with Crippen molar-refractivity contribution in [2.45, 2.75) is 26.4 Å². The molecule has 0 bridgehead atoms. The molecular formula is C12H20N2O2. The number of hydrogen-bond acceptors (Lipinski definition) is 2. The van der Waals surface area contributed by atoms with Crippen molar-refractivity contribution in [2.75, 3.05) is 6.54 Å². The molecule has 0 fully saturated rings. The fraction of sp³-hybridized carbons (Fsp3) is 0.583. The molecule has 0 aliphatic heterocycles. The second-order valence-corrected chi connectivity index (χ2v) is 4.70. The number of carbonyl (C=O) groups excluding carboxylic acids is 1. The SMILES string of the molecule is CC(C)[C@](C)(O)CNC(=O)c1cccn1C. The molecule has 0 saturated heterocycles. The zero-order valence-electron chi connectivity index (χ0n) is 10.3. The van der Waals surface area contributed by atoms with E-state index in [2.05, 4.69) is 5.32 Å². The third kappa shape index (κ3) is 2.85. The predicted octanol–water partition coefficient (Wildman–Crippen LogP) is 1.16. The lowest BCUT2D eigenvalue weighted by atomic mass is 9.92. The highest BCUT2D eigenvalue weighted by Crippen LogP contribution is 2.14. The molecule has 1 aromatic heterocycles. The number of nitrogens with one attached hydrogen (secondary N) is 1. The lowest BCUT2D eigenvalue weighted by Crippen LogP contribution is -2.44. The quantitative estimate of drug-likeness (QED) is 0.806. The molecule has 1 aromatic rings. The van der Waals surface area contributed by atoms with Crippen molar-refractivity contribution in [3.63, 3.8) is 0 Å². The summed E-state index contributed by atoms with van der Waals surface area (Å²) in [5, 5.41) is 12.7. The number of aromatic nitrogens is 1. The molecule has 2 N–H and O–H groups in total. The minimum atomic E-state index is -0.874. The van der Waals surface area contributed by atoms with Gasteiger partial charge in [-0.25, -0.2) is 0 Å². The molecule has 1 heterocycles. The summed E-state index contributed by atoms with van der Waals surface area (Å²) in [6.07, 6.45) is 1.81. The van der Waals surface area contributed by atoms with Crippen molar-refractivity contribution < 1.29 is 9.90 Å². The molecule has 0 saturated carbocycles. The smallest absolute Gasteiger partial charge is 0.267 e. The van der Waals surface area contributed by atoms with Crippen LogP contribution < -0.4 is 5.32 Å². The summed E-state index contributed by atoms with van der Waals surface area (Å²) in [6.45, 7) is 5.83. The van der Waals surface area contributed by atoms with E-state index in [1.54, 1.807) is 17.6 Å². The Morgan fingerprint density at radius 3 is 2.69 bits per heavy atom. The Morgan fingerprint density at radius 2 is 2.25 bits per heavy atom. The molecule has 0 aromatic carbocycles. The first-order chi connectivity index (χ1) is 7.34. The van der Waals surface area contributed by atoms with Gasteiger partial charge in [-0.2, -0.15) is 0 Å². The van der Waals surface area contributed by atoms with Crippen LogP contribution in [0.3, 0.4) is 0 Å². The predicted molar refractivity (Wildman–Crippen MR) is 63.2 cm³/mol. The average molecular weight is 224 g/mol. The van der Waals surface area contributed by atoms with Crippen LogP contribution in [-0.4, -0.2) is 27.7 Å². The largest absolute Gasteiger partial charge is 0.388 e. The van der Waals surface area contributed by atoms with Gasteiger partial charge in [0.05, 0.1) is 5.60 Å². The molecule has 0 spiro atoms. The summed E-state index contributed by atoms with van der Waals surface area (Å²) >= 11 is 0. The highest BCUT2D eigenvalue weighted by molar-refractivity contribution is 5.92. The van der Waals surface area contributed by atoms with Crippen LogP contribution in [0.2, 0.25) is 0 Å². The summed E-state index contributed by atoms with van der Waals surface area (Å²) in [7, 11) is 1.81. The molecule has 0 unspecified atom stereocenters. The zero-order valence-corrected chi connectivity index (χ0v) is 10.3. The Morgan fingerprint density at radius 1 is 1.62 bits per heavy atom. The molecule has 4 heteroatoms. The molecular weight excluding hydrogens is 204 g/mol.